The maximum Gasteiger partial charge on any atom is 0.226 e. The van der Waals surface area contributed by atoms with Crippen molar-refractivity contribution in [3.63, 3.8) is 0 Å². The van der Waals surface area contributed by atoms with E-state index in [1.807, 2.05) is 12.3 Å². The van der Waals surface area contributed by atoms with E-state index in [9.17, 15) is 0 Å². The summed E-state index contributed by atoms with van der Waals surface area (Å²) in [7, 11) is 0. The van der Waals surface area contributed by atoms with E-state index >= 15 is 0 Å². The summed E-state index contributed by atoms with van der Waals surface area (Å²) in [6.07, 6.45) is 2.92. The molecule has 0 bridgehead atoms. The Kier molecular flexibility index (Phi) is 3.16. The lowest BCUT2D eigenvalue weighted by molar-refractivity contribution is 0.708. The van der Waals surface area contributed by atoms with Crippen LogP contribution in [0, 0.1) is 0 Å². The first-order chi connectivity index (χ1) is 10.4. The molecule has 0 N–H and O–H groups in total. The van der Waals surface area contributed by atoms with Gasteiger partial charge in [-0.3, -0.25) is 0 Å². The van der Waals surface area contributed by atoms with Crippen molar-refractivity contribution in [1.82, 2.24) is 9.97 Å². The Balaban J connectivity index is 1.65. The largest absolute Gasteiger partial charge is 0.336 e. The second-order valence-corrected chi connectivity index (χ2v) is 6.11. The Hall–Kier alpha value is -2.20. The second-order valence-electron chi connectivity index (χ2n) is 5.16. The molecule has 0 radical (unpaired) electrons. The van der Waals surface area contributed by atoms with E-state index in [2.05, 4.69) is 51.7 Å². The van der Waals surface area contributed by atoms with Gasteiger partial charge in [-0.05, 0) is 35.1 Å². The molecule has 0 saturated carbocycles. The summed E-state index contributed by atoms with van der Waals surface area (Å²) in [6, 6.07) is 14.8. The summed E-state index contributed by atoms with van der Waals surface area (Å²) in [5.41, 5.74) is 3.84. The third-order valence-electron chi connectivity index (χ3n) is 3.83. The van der Waals surface area contributed by atoms with Gasteiger partial charge in [0.15, 0.2) is 0 Å². The van der Waals surface area contributed by atoms with Gasteiger partial charge in [0, 0.05) is 19.3 Å². The van der Waals surface area contributed by atoms with E-state index in [-0.39, 0.29) is 0 Å². The van der Waals surface area contributed by atoms with Crippen molar-refractivity contribution in [2.24, 2.45) is 0 Å². The van der Waals surface area contributed by atoms with Crippen LogP contribution in [-0.2, 0) is 13.0 Å². The minimum atomic E-state index is 0.829. The van der Waals surface area contributed by atoms with Gasteiger partial charge in [-0.1, -0.05) is 30.3 Å². The molecule has 1 aliphatic rings. The lowest BCUT2D eigenvalue weighted by Gasteiger charge is -2.28. The van der Waals surface area contributed by atoms with E-state index < -0.39 is 0 Å². The van der Waals surface area contributed by atoms with Gasteiger partial charge >= 0.3 is 0 Å². The van der Waals surface area contributed by atoms with Crippen LogP contribution in [0.25, 0.3) is 10.6 Å². The zero-order valence-electron chi connectivity index (χ0n) is 11.6. The minimum absolute atomic E-state index is 0.829. The molecular weight excluding hydrogens is 278 g/mol. The van der Waals surface area contributed by atoms with Crippen LogP contribution in [0.15, 0.2) is 54.0 Å². The van der Waals surface area contributed by atoms with Crippen LogP contribution in [0.1, 0.15) is 11.1 Å². The molecular formula is C17H15N3S. The van der Waals surface area contributed by atoms with Crippen molar-refractivity contribution >= 4 is 17.3 Å². The van der Waals surface area contributed by atoms with Crippen molar-refractivity contribution in [3.05, 3.63) is 65.2 Å². The topological polar surface area (TPSA) is 29.0 Å². The number of aromatic nitrogens is 2. The summed E-state index contributed by atoms with van der Waals surface area (Å²) in [6.45, 7) is 1.87. The maximum atomic E-state index is 4.74. The predicted octanol–water partition coefficient (Wildman–Crippen LogP) is 3.77. The normalized spacial score (nSPS) is 14.0. The zero-order chi connectivity index (χ0) is 14.1. The highest BCUT2D eigenvalue weighted by atomic mass is 32.1. The molecule has 3 heterocycles. The summed E-state index contributed by atoms with van der Waals surface area (Å²) < 4.78 is 0. The smallest absolute Gasteiger partial charge is 0.226 e. The summed E-state index contributed by atoms with van der Waals surface area (Å²) >= 11 is 1.71. The quantitative estimate of drug-likeness (QED) is 0.720. The van der Waals surface area contributed by atoms with Crippen molar-refractivity contribution in [2.45, 2.75) is 13.0 Å². The first-order valence-electron chi connectivity index (χ1n) is 7.09. The van der Waals surface area contributed by atoms with Crippen molar-refractivity contribution in [2.75, 3.05) is 11.4 Å². The average Bonchev–Trinajstić information content (AvgIpc) is 3.09. The molecule has 1 aromatic carbocycles. The van der Waals surface area contributed by atoms with Crippen LogP contribution in [0.4, 0.5) is 5.95 Å². The molecule has 0 fully saturated rings. The Morgan fingerprint density at radius 2 is 1.90 bits per heavy atom. The van der Waals surface area contributed by atoms with Gasteiger partial charge in [0.1, 0.15) is 0 Å². The maximum absolute atomic E-state index is 4.74. The van der Waals surface area contributed by atoms with Crippen molar-refractivity contribution < 1.29 is 0 Å². The molecule has 3 nitrogen and oxygen atoms in total. The Labute approximate surface area is 127 Å². The summed E-state index contributed by atoms with van der Waals surface area (Å²) in [4.78, 5) is 12.7. The Morgan fingerprint density at radius 1 is 1.00 bits per heavy atom. The fourth-order valence-electron chi connectivity index (χ4n) is 2.73. The molecule has 4 heteroatoms. The van der Waals surface area contributed by atoms with Gasteiger partial charge < -0.3 is 4.90 Å². The monoisotopic (exact) mass is 293 g/mol. The lowest BCUT2D eigenvalue weighted by atomic mass is 10.0. The summed E-state index contributed by atoms with van der Waals surface area (Å²) in [5.74, 6) is 0.829. The fourth-order valence-corrected chi connectivity index (χ4v) is 3.42. The predicted molar refractivity (Wildman–Crippen MR) is 86.5 cm³/mol. The highest BCUT2D eigenvalue weighted by molar-refractivity contribution is 7.13. The van der Waals surface area contributed by atoms with Crippen LogP contribution in [0.5, 0.6) is 0 Å². The minimum Gasteiger partial charge on any atom is -0.336 e. The zero-order valence-corrected chi connectivity index (χ0v) is 12.4. The molecule has 0 saturated heterocycles. The number of hydrogen-bond donors (Lipinski definition) is 0. The molecule has 0 atom stereocenters. The standard InChI is InChI=1S/C17H15N3S/c1-2-5-14-12-20(10-8-13(14)4-1)17-18-9-7-15(19-17)16-6-3-11-21-16/h1-7,9,11H,8,10,12H2. The van der Waals surface area contributed by atoms with Crippen molar-refractivity contribution in [1.29, 1.82) is 0 Å². The molecule has 3 aromatic rings. The molecule has 0 amide bonds. The molecule has 1 aliphatic heterocycles. The second kappa shape index (κ2) is 5.30. The van der Waals surface area contributed by atoms with E-state index in [0.717, 1.165) is 31.2 Å². The van der Waals surface area contributed by atoms with Crippen LogP contribution in [0.2, 0.25) is 0 Å². The van der Waals surface area contributed by atoms with Crippen LogP contribution in [0.3, 0.4) is 0 Å². The fraction of sp³-hybridized carbons (Fsp3) is 0.176. The van der Waals surface area contributed by atoms with Gasteiger partial charge in [0.2, 0.25) is 5.95 Å². The Morgan fingerprint density at radius 3 is 2.76 bits per heavy atom. The number of nitrogens with zero attached hydrogens (tertiary/aromatic N) is 3. The molecule has 0 aliphatic carbocycles. The SMILES string of the molecule is c1csc(-c2ccnc(N3CCc4ccccc4C3)n2)c1. The van der Waals surface area contributed by atoms with E-state index in [0.29, 0.717) is 0 Å². The van der Waals surface area contributed by atoms with E-state index in [1.54, 1.807) is 11.3 Å². The molecule has 104 valence electrons. The first-order valence-corrected chi connectivity index (χ1v) is 7.97. The number of benzene rings is 1. The van der Waals surface area contributed by atoms with Gasteiger partial charge in [0.25, 0.3) is 0 Å². The van der Waals surface area contributed by atoms with Gasteiger partial charge in [0.05, 0.1) is 10.6 Å². The van der Waals surface area contributed by atoms with Gasteiger partial charge in [-0.2, -0.15) is 0 Å². The van der Waals surface area contributed by atoms with Crippen molar-refractivity contribution in [3.8, 4) is 10.6 Å². The first kappa shape index (κ1) is 12.5. The van der Waals surface area contributed by atoms with Gasteiger partial charge in [-0.25, -0.2) is 9.97 Å². The molecule has 0 spiro atoms. The third kappa shape index (κ3) is 2.43. The number of anilines is 1. The number of rotatable bonds is 2. The molecule has 21 heavy (non-hydrogen) atoms. The van der Waals surface area contributed by atoms with Crippen LogP contribution >= 0.6 is 11.3 Å². The van der Waals surface area contributed by atoms with Crippen LogP contribution < -0.4 is 4.90 Å². The number of thiophene rings is 1. The van der Waals surface area contributed by atoms with E-state index in [1.165, 1.54) is 16.0 Å². The highest BCUT2D eigenvalue weighted by Gasteiger charge is 2.18. The highest BCUT2D eigenvalue weighted by Crippen LogP contribution is 2.26. The molecule has 2 aromatic heterocycles. The number of hydrogen-bond acceptors (Lipinski definition) is 4. The Bertz CT molecular complexity index is 752. The number of fused-ring (bicyclic) bond motifs is 1. The third-order valence-corrected chi connectivity index (χ3v) is 4.72. The van der Waals surface area contributed by atoms with Crippen LogP contribution in [-0.4, -0.2) is 16.5 Å². The molecule has 0 unspecified atom stereocenters. The molecule has 4 rings (SSSR count). The van der Waals surface area contributed by atoms with E-state index in [4.69, 9.17) is 4.98 Å². The average molecular weight is 293 g/mol. The summed E-state index contributed by atoms with van der Waals surface area (Å²) in [5, 5.41) is 2.08. The van der Waals surface area contributed by atoms with Gasteiger partial charge in [-0.15, -0.1) is 11.3 Å². The lowest BCUT2D eigenvalue weighted by Crippen LogP contribution is -2.31.